The lowest BCUT2D eigenvalue weighted by Crippen LogP contribution is -2.26. The number of hydrogen-bond donors (Lipinski definition) is 1. The molecule has 1 heterocycles. The van der Waals surface area contributed by atoms with Gasteiger partial charge < -0.3 is 14.6 Å². The van der Waals surface area contributed by atoms with Crippen LogP contribution in [0.3, 0.4) is 0 Å². The number of fused-ring (bicyclic) bond motifs is 15. The van der Waals surface area contributed by atoms with Gasteiger partial charge in [-0.25, -0.2) is 0 Å². The Kier molecular flexibility index (Phi) is 9.48. The first-order valence-corrected chi connectivity index (χ1v) is 25.5. The number of anilines is 5. The Bertz CT molecular complexity index is 4290. The minimum Gasteiger partial charge on any atom is -0.455 e. The van der Waals surface area contributed by atoms with Crippen molar-refractivity contribution < 1.29 is 4.42 Å². The molecule has 74 heavy (non-hydrogen) atoms. The highest BCUT2D eigenvalue weighted by molar-refractivity contribution is 6.15. The van der Waals surface area contributed by atoms with E-state index in [2.05, 4.69) is 283 Å². The zero-order valence-electron chi connectivity index (χ0n) is 40.3. The van der Waals surface area contributed by atoms with Crippen LogP contribution in [-0.4, -0.2) is 0 Å². The quantitative estimate of drug-likeness (QED) is 0.165. The van der Waals surface area contributed by atoms with Crippen LogP contribution in [0.5, 0.6) is 0 Å². The highest BCUT2D eigenvalue weighted by Crippen LogP contribution is 2.64. The molecule has 0 unspecified atom stereocenters. The third-order valence-corrected chi connectivity index (χ3v) is 15.7. The second-order valence-corrected chi connectivity index (χ2v) is 19.6. The van der Waals surface area contributed by atoms with Gasteiger partial charge in [0.2, 0.25) is 0 Å². The average Bonchev–Trinajstić information content (AvgIpc) is 4.23. The van der Waals surface area contributed by atoms with Crippen molar-refractivity contribution in [2.75, 3.05) is 10.2 Å². The van der Waals surface area contributed by atoms with Gasteiger partial charge in [-0.3, -0.25) is 0 Å². The molecule has 1 aromatic heterocycles. The van der Waals surface area contributed by atoms with Gasteiger partial charge in [-0.2, -0.15) is 0 Å². The van der Waals surface area contributed by atoms with Crippen molar-refractivity contribution in [1.82, 2.24) is 0 Å². The average molecular weight is 943 g/mol. The summed E-state index contributed by atoms with van der Waals surface area (Å²) < 4.78 is 6.52. The van der Waals surface area contributed by atoms with Crippen molar-refractivity contribution in [3.05, 3.63) is 295 Å². The zero-order valence-corrected chi connectivity index (χ0v) is 40.3. The monoisotopic (exact) mass is 942 g/mol. The summed E-state index contributed by atoms with van der Waals surface area (Å²) in [7, 11) is 0. The van der Waals surface area contributed by atoms with Crippen LogP contribution in [0.4, 0.5) is 28.4 Å². The topological polar surface area (TPSA) is 28.4 Å². The van der Waals surface area contributed by atoms with Crippen LogP contribution < -0.4 is 10.2 Å². The maximum atomic E-state index is 6.52. The number of nitrogens with zero attached hydrogens (tertiary/aromatic N) is 1. The van der Waals surface area contributed by atoms with E-state index in [0.29, 0.717) is 0 Å². The maximum absolute atomic E-state index is 6.52. The molecule has 12 aromatic carbocycles. The molecule has 3 heteroatoms. The zero-order chi connectivity index (χ0) is 48.7. The van der Waals surface area contributed by atoms with Crippen molar-refractivity contribution in [1.29, 1.82) is 0 Å². The Morgan fingerprint density at radius 2 is 0.892 bits per heavy atom. The summed E-state index contributed by atoms with van der Waals surface area (Å²) in [5.41, 5.74) is 24.1. The van der Waals surface area contributed by atoms with Crippen molar-refractivity contribution in [3.63, 3.8) is 0 Å². The molecule has 0 bridgehead atoms. The highest BCUT2D eigenvalue weighted by Gasteiger charge is 2.52. The maximum Gasteiger partial charge on any atom is 0.143 e. The molecule has 0 aliphatic heterocycles. The van der Waals surface area contributed by atoms with Gasteiger partial charge in [0.15, 0.2) is 0 Å². The first kappa shape index (κ1) is 42.0. The Hall–Kier alpha value is -9.70. The van der Waals surface area contributed by atoms with Gasteiger partial charge in [-0.1, -0.05) is 206 Å². The number of rotatable bonds is 8. The van der Waals surface area contributed by atoms with Crippen molar-refractivity contribution in [2.24, 2.45) is 0 Å². The number of benzene rings is 12. The Morgan fingerprint density at radius 3 is 1.62 bits per heavy atom. The Morgan fingerprint density at radius 1 is 0.338 bits per heavy atom. The van der Waals surface area contributed by atoms with E-state index >= 15 is 0 Å². The van der Waals surface area contributed by atoms with E-state index in [9.17, 15) is 0 Å². The van der Waals surface area contributed by atoms with Crippen LogP contribution >= 0.6 is 0 Å². The summed E-state index contributed by atoms with van der Waals surface area (Å²) >= 11 is 0. The summed E-state index contributed by atoms with van der Waals surface area (Å²) in [4.78, 5) is 2.46. The summed E-state index contributed by atoms with van der Waals surface area (Å²) in [5.74, 6) is 0. The third-order valence-electron chi connectivity index (χ3n) is 15.7. The molecule has 0 atom stereocenters. The van der Waals surface area contributed by atoms with Crippen LogP contribution in [0.15, 0.2) is 277 Å². The number of para-hydroxylation sites is 1. The smallest absolute Gasteiger partial charge is 0.143 e. The van der Waals surface area contributed by atoms with E-state index in [1.54, 1.807) is 0 Å². The number of hydrogen-bond acceptors (Lipinski definition) is 3. The number of furan rings is 1. The van der Waals surface area contributed by atoms with Crippen LogP contribution in [0, 0.1) is 0 Å². The molecular weight excluding hydrogens is 897 g/mol. The molecule has 1 N–H and O–H groups in total. The second kappa shape index (κ2) is 16.7. The minimum atomic E-state index is -0.461. The van der Waals surface area contributed by atoms with Gasteiger partial charge in [0.1, 0.15) is 11.2 Å². The first-order chi connectivity index (χ1) is 36.7. The van der Waals surface area contributed by atoms with Gasteiger partial charge in [-0.05, 0) is 139 Å². The van der Waals surface area contributed by atoms with Crippen molar-refractivity contribution >= 4 is 61.1 Å². The van der Waals surface area contributed by atoms with Crippen molar-refractivity contribution in [2.45, 2.75) is 5.41 Å². The van der Waals surface area contributed by atoms with Crippen LogP contribution in [-0.2, 0) is 5.41 Å². The summed E-state index contributed by atoms with van der Waals surface area (Å²) in [6.07, 6.45) is 0. The molecule has 13 aromatic rings. The minimum absolute atomic E-state index is 0.461. The largest absolute Gasteiger partial charge is 0.455 e. The molecular formula is C71H46N2O. The molecule has 1 spiro atoms. The summed E-state index contributed by atoms with van der Waals surface area (Å²) in [5, 5.41) is 8.31. The van der Waals surface area contributed by atoms with Crippen LogP contribution in [0.25, 0.3) is 88.3 Å². The Labute approximate surface area is 429 Å². The number of nitrogens with one attached hydrogen (secondary N) is 1. The molecule has 3 nitrogen and oxygen atoms in total. The van der Waals surface area contributed by atoms with Crippen LogP contribution in [0.1, 0.15) is 22.3 Å². The third kappa shape index (κ3) is 6.40. The van der Waals surface area contributed by atoms with E-state index < -0.39 is 5.41 Å². The van der Waals surface area contributed by atoms with Gasteiger partial charge in [0.25, 0.3) is 0 Å². The predicted octanol–water partition coefficient (Wildman–Crippen LogP) is 19.3. The van der Waals surface area contributed by atoms with E-state index in [1.807, 2.05) is 0 Å². The van der Waals surface area contributed by atoms with Crippen LogP contribution in [0.2, 0.25) is 0 Å². The Balaban J connectivity index is 0.860. The molecule has 346 valence electrons. The molecule has 0 saturated heterocycles. The van der Waals surface area contributed by atoms with E-state index in [1.165, 1.54) is 61.0 Å². The SMILES string of the molecule is c1ccc(-c2ccccc2Nc2cccc(-c3ccc(N(c4ccc(-c5ccc6oc7c8ccccc8ccc7c6c5)cc4)c4cccc5c4-c4ccccc4C54c5ccccc5-c5ccccc54)cc3)c2)cc1. The normalized spacial score (nSPS) is 12.7. The molecule has 0 fully saturated rings. The van der Waals surface area contributed by atoms with Crippen molar-refractivity contribution in [3.8, 4) is 55.6 Å². The molecule has 0 amide bonds. The first-order valence-electron chi connectivity index (χ1n) is 25.5. The van der Waals surface area contributed by atoms with E-state index in [-0.39, 0.29) is 0 Å². The standard InChI is InChI=1S/C71H46N2O/c1-2-16-48(17-3-1)55-21-9-13-30-66(55)72-52-20-14-19-50(44-52)46-32-38-53(39-33-46)73(54-40-34-47(35-41-54)51-37-43-68-61(45-51)59-42-36-49-18-4-5-22-56(49)70(59)74-68)67-31-15-29-65-69(67)60-25-8-12-28-64(60)71(65)62-26-10-6-23-57(62)58-24-7-11-27-63(58)71/h1-45,72H. The lowest BCUT2D eigenvalue weighted by atomic mass is 9.70. The molecule has 2 aliphatic rings. The van der Waals surface area contributed by atoms with Gasteiger partial charge >= 0.3 is 0 Å². The fraction of sp³-hybridized carbons (Fsp3) is 0.0141. The lowest BCUT2D eigenvalue weighted by Gasteiger charge is -2.32. The summed E-state index contributed by atoms with van der Waals surface area (Å²) in [6, 6.07) is 99.6. The molecule has 0 radical (unpaired) electrons. The van der Waals surface area contributed by atoms with Gasteiger partial charge in [0.05, 0.1) is 11.1 Å². The van der Waals surface area contributed by atoms with Gasteiger partial charge in [-0.15, -0.1) is 0 Å². The lowest BCUT2D eigenvalue weighted by molar-refractivity contribution is 0.672. The highest BCUT2D eigenvalue weighted by atomic mass is 16.3. The summed E-state index contributed by atoms with van der Waals surface area (Å²) in [6.45, 7) is 0. The van der Waals surface area contributed by atoms with Gasteiger partial charge in [0, 0.05) is 50.0 Å². The fourth-order valence-electron chi connectivity index (χ4n) is 12.4. The fourth-order valence-corrected chi connectivity index (χ4v) is 12.4. The predicted molar refractivity (Wildman–Crippen MR) is 308 cm³/mol. The molecule has 2 aliphatic carbocycles. The molecule has 15 rings (SSSR count). The van der Waals surface area contributed by atoms with E-state index in [4.69, 9.17) is 4.42 Å². The van der Waals surface area contributed by atoms with E-state index in [0.717, 1.165) is 78.0 Å². The molecule has 0 saturated carbocycles. The second-order valence-electron chi connectivity index (χ2n) is 19.6.